The lowest BCUT2D eigenvalue weighted by molar-refractivity contribution is 0.0935. The van der Waals surface area contributed by atoms with Crippen LogP contribution < -0.4 is 11.1 Å². The number of thiazole rings is 1. The number of nitrogens with zero attached hydrogens (tertiary/aromatic N) is 1. The Morgan fingerprint density at radius 3 is 2.84 bits per heavy atom. The third-order valence-electron chi connectivity index (χ3n) is 2.68. The summed E-state index contributed by atoms with van der Waals surface area (Å²) in [6.07, 6.45) is 0. The van der Waals surface area contributed by atoms with E-state index in [9.17, 15) is 9.59 Å². The molecule has 2 rings (SSSR count). The average molecular weight is 275 g/mol. The molecule has 0 aliphatic carbocycles. The Bertz CT molecular complexity index is 596. The number of nitrogens with one attached hydrogen (secondary N) is 1. The van der Waals surface area contributed by atoms with Crippen molar-refractivity contribution >= 4 is 23.2 Å². The monoisotopic (exact) mass is 275 g/mol. The Morgan fingerprint density at radius 1 is 1.42 bits per heavy atom. The van der Waals surface area contributed by atoms with Gasteiger partial charge >= 0.3 is 0 Å². The summed E-state index contributed by atoms with van der Waals surface area (Å²) in [5, 5.41) is 4.50. The van der Waals surface area contributed by atoms with Crippen molar-refractivity contribution in [2.75, 3.05) is 0 Å². The molecule has 0 saturated heterocycles. The molecule has 5 nitrogen and oxygen atoms in total. The zero-order valence-corrected chi connectivity index (χ0v) is 11.1. The van der Waals surface area contributed by atoms with E-state index in [0.29, 0.717) is 11.3 Å². The van der Waals surface area contributed by atoms with E-state index < -0.39 is 5.91 Å². The molecular weight excluding hydrogens is 262 g/mol. The maximum absolute atomic E-state index is 11.8. The van der Waals surface area contributed by atoms with E-state index in [1.807, 2.05) is 13.0 Å². The zero-order valence-electron chi connectivity index (χ0n) is 10.3. The molecular formula is C13H13N3O2S. The third-order valence-corrected chi connectivity index (χ3v) is 3.27. The fourth-order valence-electron chi connectivity index (χ4n) is 1.64. The van der Waals surface area contributed by atoms with Gasteiger partial charge in [-0.2, -0.15) is 0 Å². The first-order valence-electron chi connectivity index (χ1n) is 5.66. The summed E-state index contributed by atoms with van der Waals surface area (Å²) < 4.78 is 0. The molecule has 0 saturated carbocycles. The third kappa shape index (κ3) is 3.17. The molecule has 1 unspecified atom stereocenters. The van der Waals surface area contributed by atoms with Gasteiger partial charge in [-0.15, -0.1) is 11.3 Å². The number of carbonyl (C=O) groups excluding carboxylic acids is 2. The smallest absolute Gasteiger partial charge is 0.271 e. The summed E-state index contributed by atoms with van der Waals surface area (Å²) in [6, 6.07) is 6.66. The van der Waals surface area contributed by atoms with Crippen molar-refractivity contribution in [3.05, 3.63) is 52.0 Å². The van der Waals surface area contributed by atoms with Crippen LogP contribution in [0.5, 0.6) is 0 Å². The first-order chi connectivity index (χ1) is 9.08. The topological polar surface area (TPSA) is 85.1 Å². The summed E-state index contributed by atoms with van der Waals surface area (Å²) in [6.45, 7) is 1.84. The van der Waals surface area contributed by atoms with Crippen LogP contribution >= 0.6 is 11.3 Å². The van der Waals surface area contributed by atoms with Gasteiger partial charge in [0.25, 0.3) is 5.91 Å². The minimum atomic E-state index is -0.486. The quantitative estimate of drug-likeness (QED) is 0.891. The molecule has 19 heavy (non-hydrogen) atoms. The van der Waals surface area contributed by atoms with Crippen molar-refractivity contribution in [2.24, 2.45) is 5.73 Å². The number of hydrogen-bond acceptors (Lipinski definition) is 4. The van der Waals surface area contributed by atoms with Crippen molar-refractivity contribution in [3.8, 4) is 0 Å². The first-order valence-corrected chi connectivity index (χ1v) is 6.61. The molecule has 6 heteroatoms. The van der Waals surface area contributed by atoms with Crippen molar-refractivity contribution in [3.63, 3.8) is 0 Å². The summed E-state index contributed by atoms with van der Waals surface area (Å²) >= 11 is 1.36. The average Bonchev–Trinajstić information content (AvgIpc) is 2.92. The second-order valence-corrected chi connectivity index (χ2v) is 4.78. The van der Waals surface area contributed by atoms with Crippen LogP contribution in [0, 0.1) is 0 Å². The molecule has 0 bridgehead atoms. The number of carbonyl (C=O) groups is 2. The van der Waals surface area contributed by atoms with E-state index in [1.54, 1.807) is 29.1 Å². The van der Waals surface area contributed by atoms with Gasteiger partial charge < -0.3 is 11.1 Å². The number of primary amides is 1. The Morgan fingerprint density at radius 2 is 2.21 bits per heavy atom. The van der Waals surface area contributed by atoms with Crippen LogP contribution in [-0.2, 0) is 0 Å². The lowest BCUT2D eigenvalue weighted by atomic mass is 10.0. The minimum Gasteiger partial charge on any atom is -0.366 e. The van der Waals surface area contributed by atoms with Gasteiger partial charge in [0.05, 0.1) is 11.6 Å². The van der Waals surface area contributed by atoms with Crippen LogP contribution in [0.15, 0.2) is 35.2 Å². The SMILES string of the molecule is CC(NC(=O)c1cscn1)c1cccc(C(N)=O)c1. The van der Waals surface area contributed by atoms with Gasteiger partial charge in [0, 0.05) is 10.9 Å². The van der Waals surface area contributed by atoms with E-state index in [4.69, 9.17) is 5.73 Å². The number of rotatable bonds is 4. The van der Waals surface area contributed by atoms with Crippen LogP contribution in [0.4, 0.5) is 0 Å². The zero-order chi connectivity index (χ0) is 13.8. The van der Waals surface area contributed by atoms with Gasteiger partial charge in [-0.1, -0.05) is 12.1 Å². The highest BCUT2D eigenvalue weighted by atomic mass is 32.1. The molecule has 1 heterocycles. The van der Waals surface area contributed by atoms with Gasteiger partial charge in [0.2, 0.25) is 5.91 Å². The Labute approximate surface area is 114 Å². The fraction of sp³-hybridized carbons (Fsp3) is 0.154. The van der Waals surface area contributed by atoms with E-state index in [0.717, 1.165) is 5.56 Å². The molecule has 1 aromatic carbocycles. The lowest BCUT2D eigenvalue weighted by Gasteiger charge is -2.14. The molecule has 0 spiro atoms. The predicted octanol–water partition coefficient (Wildman–Crippen LogP) is 1.73. The van der Waals surface area contributed by atoms with E-state index in [-0.39, 0.29) is 11.9 Å². The normalized spacial score (nSPS) is 11.8. The molecule has 98 valence electrons. The standard InChI is InChI=1S/C13H13N3O2S/c1-8(16-13(18)11-6-19-7-15-11)9-3-2-4-10(5-9)12(14)17/h2-8H,1H3,(H2,14,17)(H,16,18). The van der Waals surface area contributed by atoms with Crippen LogP contribution in [0.25, 0.3) is 0 Å². The molecule has 0 fully saturated rings. The summed E-state index contributed by atoms with van der Waals surface area (Å²) in [4.78, 5) is 26.9. The second kappa shape index (κ2) is 5.62. The molecule has 1 atom stereocenters. The van der Waals surface area contributed by atoms with E-state index >= 15 is 0 Å². The van der Waals surface area contributed by atoms with Crippen molar-refractivity contribution in [1.82, 2.24) is 10.3 Å². The Kier molecular flexibility index (Phi) is 3.91. The molecule has 0 radical (unpaired) electrons. The van der Waals surface area contributed by atoms with Gasteiger partial charge in [-0.25, -0.2) is 4.98 Å². The number of hydrogen-bond donors (Lipinski definition) is 2. The maximum Gasteiger partial charge on any atom is 0.271 e. The van der Waals surface area contributed by atoms with Crippen LogP contribution in [0.1, 0.15) is 39.4 Å². The highest BCUT2D eigenvalue weighted by molar-refractivity contribution is 7.07. The van der Waals surface area contributed by atoms with Gasteiger partial charge in [-0.05, 0) is 24.6 Å². The molecule has 1 aromatic heterocycles. The van der Waals surface area contributed by atoms with Crippen molar-refractivity contribution in [2.45, 2.75) is 13.0 Å². The first kappa shape index (κ1) is 13.2. The van der Waals surface area contributed by atoms with Crippen LogP contribution in [-0.4, -0.2) is 16.8 Å². The van der Waals surface area contributed by atoms with Crippen molar-refractivity contribution in [1.29, 1.82) is 0 Å². The Hall–Kier alpha value is -2.21. The van der Waals surface area contributed by atoms with Crippen LogP contribution in [0.3, 0.4) is 0 Å². The summed E-state index contributed by atoms with van der Waals surface area (Å²) in [5.41, 5.74) is 8.47. The molecule has 0 aliphatic rings. The number of benzene rings is 1. The number of amides is 2. The Balaban J connectivity index is 2.11. The number of nitrogens with two attached hydrogens (primary N) is 1. The van der Waals surface area contributed by atoms with Gasteiger partial charge in [0.1, 0.15) is 5.69 Å². The highest BCUT2D eigenvalue weighted by Crippen LogP contribution is 2.15. The van der Waals surface area contributed by atoms with Gasteiger partial charge in [0.15, 0.2) is 0 Å². The highest BCUT2D eigenvalue weighted by Gasteiger charge is 2.13. The minimum absolute atomic E-state index is 0.228. The largest absolute Gasteiger partial charge is 0.366 e. The fourth-order valence-corrected chi connectivity index (χ4v) is 2.17. The van der Waals surface area contributed by atoms with Crippen LogP contribution in [0.2, 0.25) is 0 Å². The summed E-state index contributed by atoms with van der Waals surface area (Å²) in [7, 11) is 0. The molecule has 2 amide bonds. The lowest BCUT2D eigenvalue weighted by Crippen LogP contribution is -2.27. The predicted molar refractivity (Wildman–Crippen MR) is 73.0 cm³/mol. The summed E-state index contributed by atoms with van der Waals surface area (Å²) in [5.74, 6) is -0.724. The molecule has 3 N–H and O–H groups in total. The molecule has 0 aliphatic heterocycles. The maximum atomic E-state index is 11.8. The number of aromatic nitrogens is 1. The van der Waals surface area contributed by atoms with E-state index in [2.05, 4.69) is 10.3 Å². The molecule has 2 aromatic rings. The second-order valence-electron chi connectivity index (χ2n) is 4.06. The van der Waals surface area contributed by atoms with Gasteiger partial charge in [-0.3, -0.25) is 9.59 Å². The van der Waals surface area contributed by atoms with E-state index in [1.165, 1.54) is 11.3 Å². The van der Waals surface area contributed by atoms with Crippen molar-refractivity contribution < 1.29 is 9.59 Å².